The van der Waals surface area contributed by atoms with Crippen molar-refractivity contribution >= 4 is 24.1 Å². The van der Waals surface area contributed by atoms with Crippen molar-refractivity contribution in [1.29, 1.82) is 0 Å². The number of rotatable bonds is 12. The maximum atomic E-state index is 12.6. The fourth-order valence-electron chi connectivity index (χ4n) is 2.73. The number of carbonyl (C=O) groups excluding carboxylic acids is 4. The van der Waals surface area contributed by atoms with Gasteiger partial charge in [-0.05, 0) is 37.1 Å². The summed E-state index contributed by atoms with van der Waals surface area (Å²) in [4.78, 5) is 60.8. The Morgan fingerprint density at radius 2 is 1.00 bits per heavy atom. The second kappa shape index (κ2) is 15.6. The van der Waals surface area contributed by atoms with Gasteiger partial charge in [-0.15, -0.1) is 0 Å². The van der Waals surface area contributed by atoms with Crippen molar-refractivity contribution in [2.75, 3.05) is 40.8 Å². The predicted octanol–water partition coefficient (Wildman–Crippen LogP) is 4.24. The van der Waals surface area contributed by atoms with E-state index in [1.54, 1.807) is 24.3 Å². The Bertz CT molecular complexity index is 1010. The van der Waals surface area contributed by atoms with Crippen LogP contribution in [0, 0.1) is 0 Å². The zero-order valence-corrected chi connectivity index (χ0v) is 21.8. The number of hydrogen-bond donors (Lipinski definition) is 0. The number of ether oxygens (including phenoxy) is 4. The Hall–Kier alpha value is -4.48. The average Bonchev–Trinajstić information content (AvgIpc) is 2.94. The topological polar surface area (TPSA) is 130 Å². The van der Waals surface area contributed by atoms with Gasteiger partial charge in [0.05, 0.1) is 13.2 Å². The first-order chi connectivity index (χ1) is 18.3. The molecule has 2 amide bonds. The first-order valence-electron chi connectivity index (χ1n) is 11.9. The quantitative estimate of drug-likeness (QED) is 0.222. The van der Waals surface area contributed by atoms with E-state index in [4.69, 9.17) is 28.7 Å². The highest BCUT2D eigenvalue weighted by atomic mass is 17.2. The van der Waals surface area contributed by atoms with Crippen LogP contribution in [0.2, 0.25) is 0 Å². The summed E-state index contributed by atoms with van der Waals surface area (Å²) in [5, 5.41) is 0. The Morgan fingerprint density at radius 3 is 1.37 bits per heavy atom. The zero-order valence-electron chi connectivity index (χ0n) is 21.8. The summed E-state index contributed by atoms with van der Waals surface area (Å²) in [6, 6.07) is 12.2. The fraction of sp³-hybridized carbons (Fsp3) is 0.385. The Morgan fingerprint density at radius 1 is 0.632 bits per heavy atom. The van der Waals surface area contributed by atoms with Crippen molar-refractivity contribution in [1.82, 2.24) is 9.80 Å². The van der Waals surface area contributed by atoms with Crippen molar-refractivity contribution in [2.45, 2.75) is 26.7 Å². The van der Waals surface area contributed by atoms with Gasteiger partial charge in [0.2, 0.25) is 0 Å². The number of amides is 2. The lowest BCUT2D eigenvalue weighted by Gasteiger charge is -2.18. The first-order valence-corrected chi connectivity index (χ1v) is 11.9. The second-order valence-corrected chi connectivity index (χ2v) is 7.91. The van der Waals surface area contributed by atoms with Crippen LogP contribution in [0.3, 0.4) is 0 Å². The molecule has 0 heterocycles. The molecule has 12 nitrogen and oxygen atoms in total. The molecule has 0 atom stereocenters. The SMILES string of the molecule is CCCOC(=O)N(C)COc1ccccc1C(=O)OOC(=O)c1ccccc1OCN(C)C(=O)OCCC. The molecular weight excluding hydrogens is 500 g/mol. The first kappa shape index (κ1) is 29.7. The van der Waals surface area contributed by atoms with Gasteiger partial charge in [0, 0.05) is 14.1 Å². The van der Waals surface area contributed by atoms with Crippen LogP contribution >= 0.6 is 0 Å². The van der Waals surface area contributed by atoms with Gasteiger partial charge in [-0.1, -0.05) is 38.1 Å². The molecule has 0 aliphatic rings. The molecule has 0 spiro atoms. The van der Waals surface area contributed by atoms with Crippen LogP contribution < -0.4 is 9.47 Å². The van der Waals surface area contributed by atoms with Gasteiger partial charge < -0.3 is 18.9 Å². The fourth-order valence-corrected chi connectivity index (χ4v) is 2.73. The van der Waals surface area contributed by atoms with Gasteiger partial charge in [0.15, 0.2) is 13.5 Å². The molecule has 2 aromatic carbocycles. The van der Waals surface area contributed by atoms with Crippen molar-refractivity contribution in [3.63, 3.8) is 0 Å². The van der Waals surface area contributed by atoms with Gasteiger partial charge in [0.1, 0.15) is 22.6 Å². The van der Waals surface area contributed by atoms with Crippen molar-refractivity contribution in [3.05, 3.63) is 59.7 Å². The Labute approximate surface area is 220 Å². The van der Waals surface area contributed by atoms with E-state index < -0.39 is 24.1 Å². The van der Waals surface area contributed by atoms with Gasteiger partial charge in [-0.2, -0.15) is 0 Å². The predicted molar refractivity (Wildman–Crippen MR) is 134 cm³/mol. The van der Waals surface area contributed by atoms with Crippen molar-refractivity contribution < 1.29 is 47.9 Å². The minimum absolute atomic E-state index is 0.0348. The molecule has 0 aliphatic heterocycles. The highest BCUT2D eigenvalue weighted by molar-refractivity contribution is 5.95. The van der Waals surface area contributed by atoms with E-state index in [2.05, 4.69) is 0 Å². The molecule has 0 N–H and O–H groups in total. The highest BCUT2D eigenvalue weighted by Gasteiger charge is 2.21. The number of hydrogen-bond acceptors (Lipinski definition) is 10. The molecule has 38 heavy (non-hydrogen) atoms. The summed E-state index contributed by atoms with van der Waals surface area (Å²) in [5.41, 5.74) is -0.0697. The maximum Gasteiger partial charge on any atom is 0.412 e. The van der Waals surface area contributed by atoms with Gasteiger partial charge in [-0.25, -0.2) is 29.0 Å². The molecule has 0 saturated carbocycles. The third-order valence-corrected chi connectivity index (χ3v) is 4.72. The number of benzene rings is 2. The summed E-state index contributed by atoms with van der Waals surface area (Å²) >= 11 is 0. The summed E-state index contributed by atoms with van der Waals surface area (Å²) in [6.07, 6.45) is 0.196. The minimum Gasteiger partial charge on any atom is -0.472 e. The average molecular weight is 533 g/mol. The summed E-state index contributed by atoms with van der Waals surface area (Å²) in [7, 11) is 2.96. The van der Waals surface area contributed by atoms with E-state index in [0.717, 1.165) is 0 Å². The van der Waals surface area contributed by atoms with E-state index in [0.29, 0.717) is 12.8 Å². The Balaban J connectivity index is 1.97. The van der Waals surface area contributed by atoms with Crippen LogP contribution in [0.25, 0.3) is 0 Å². The molecule has 0 fully saturated rings. The molecule has 0 unspecified atom stereocenters. The summed E-state index contributed by atoms with van der Waals surface area (Å²) in [5.74, 6) is -1.79. The third kappa shape index (κ3) is 9.19. The molecule has 0 aromatic heterocycles. The molecule has 0 aliphatic carbocycles. The van der Waals surface area contributed by atoms with Crippen molar-refractivity contribution in [2.24, 2.45) is 0 Å². The van der Waals surface area contributed by atoms with E-state index in [-0.39, 0.29) is 49.3 Å². The summed E-state index contributed by atoms with van der Waals surface area (Å²) < 4.78 is 21.1. The molecular formula is C26H32N2O10. The van der Waals surface area contributed by atoms with Crippen LogP contribution in [0.1, 0.15) is 47.4 Å². The number of para-hydroxylation sites is 2. The van der Waals surface area contributed by atoms with Crippen LogP contribution in [-0.4, -0.2) is 74.7 Å². The van der Waals surface area contributed by atoms with E-state index in [1.807, 2.05) is 13.8 Å². The monoisotopic (exact) mass is 532 g/mol. The molecule has 2 rings (SSSR count). The highest BCUT2D eigenvalue weighted by Crippen LogP contribution is 2.22. The lowest BCUT2D eigenvalue weighted by Crippen LogP contribution is -2.31. The van der Waals surface area contributed by atoms with Crippen LogP contribution in [0.4, 0.5) is 9.59 Å². The number of carbonyl (C=O) groups is 4. The second-order valence-electron chi connectivity index (χ2n) is 7.91. The number of nitrogens with zero attached hydrogens (tertiary/aromatic N) is 2. The zero-order chi connectivity index (χ0) is 27.9. The third-order valence-electron chi connectivity index (χ3n) is 4.72. The molecule has 0 saturated heterocycles. The van der Waals surface area contributed by atoms with Gasteiger partial charge >= 0.3 is 24.1 Å². The van der Waals surface area contributed by atoms with E-state index in [1.165, 1.54) is 48.2 Å². The molecule has 2 aromatic rings. The molecule has 206 valence electrons. The van der Waals surface area contributed by atoms with Crippen LogP contribution in [-0.2, 0) is 19.2 Å². The van der Waals surface area contributed by atoms with Crippen LogP contribution in [0.5, 0.6) is 11.5 Å². The maximum absolute atomic E-state index is 12.6. The summed E-state index contributed by atoms with van der Waals surface area (Å²) in [6.45, 7) is 3.89. The van der Waals surface area contributed by atoms with Gasteiger partial charge in [-0.3, -0.25) is 9.80 Å². The van der Waals surface area contributed by atoms with E-state index >= 15 is 0 Å². The normalized spacial score (nSPS) is 10.1. The lowest BCUT2D eigenvalue weighted by atomic mass is 10.2. The van der Waals surface area contributed by atoms with Gasteiger partial charge in [0.25, 0.3) is 0 Å². The smallest absolute Gasteiger partial charge is 0.412 e. The minimum atomic E-state index is -0.998. The Kier molecular flexibility index (Phi) is 12.2. The van der Waals surface area contributed by atoms with Crippen molar-refractivity contribution in [3.8, 4) is 11.5 Å². The molecule has 0 radical (unpaired) electrons. The van der Waals surface area contributed by atoms with E-state index in [9.17, 15) is 19.2 Å². The molecule has 0 bridgehead atoms. The lowest BCUT2D eigenvalue weighted by molar-refractivity contribution is -0.187. The van der Waals surface area contributed by atoms with Crippen LogP contribution in [0.15, 0.2) is 48.5 Å². The standard InChI is InChI=1S/C26H32N2O10/c1-5-15-33-25(31)27(3)17-35-21-13-9-7-11-19(21)23(29)37-38-24(30)20-12-8-10-14-22(20)36-18-28(4)26(32)34-16-6-2/h7-14H,5-6,15-18H2,1-4H3. The largest absolute Gasteiger partial charge is 0.472 e. The molecule has 12 heteroatoms.